The topological polar surface area (TPSA) is 78.5 Å². The molecular formula is C19H19N3O3. The van der Waals surface area contributed by atoms with Crippen LogP contribution in [0, 0.1) is 0 Å². The molecule has 6 heteroatoms. The first-order valence-corrected chi connectivity index (χ1v) is 8.17. The Morgan fingerprint density at radius 3 is 2.52 bits per heavy atom. The van der Waals surface area contributed by atoms with Crippen LogP contribution < -0.4 is 15.5 Å². The molecule has 128 valence electrons. The van der Waals surface area contributed by atoms with Crippen molar-refractivity contribution in [3.05, 3.63) is 65.7 Å². The highest BCUT2D eigenvalue weighted by Crippen LogP contribution is 2.22. The van der Waals surface area contributed by atoms with Gasteiger partial charge in [0.2, 0.25) is 5.91 Å². The molecule has 3 rings (SSSR count). The first-order chi connectivity index (χ1) is 12.1. The summed E-state index contributed by atoms with van der Waals surface area (Å²) in [6, 6.07) is 16.3. The lowest BCUT2D eigenvalue weighted by atomic mass is 10.1. The standard InChI is InChI=1S/C19H19N3O3/c23-17-11-13-22(19(25)21-17)16-9-5-4-8-15(16)18(24)20-12-10-14-6-2-1-3-7-14/h1-9H,10-13H2,(H,20,24)(H,21,23,25). The lowest BCUT2D eigenvalue weighted by Crippen LogP contribution is -2.50. The van der Waals surface area contributed by atoms with E-state index in [2.05, 4.69) is 10.6 Å². The van der Waals surface area contributed by atoms with Gasteiger partial charge in [0.1, 0.15) is 0 Å². The zero-order chi connectivity index (χ0) is 17.6. The SMILES string of the molecule is O=C1CCN(c2ccccc2C(=O)NCCc2ccccc2)C(=O)N1. The van der Waals surface area contributed by atoms with Gasteiger partial charge < -0.3 is 5.32 Å². The second-order valence-electron chi connectivity index (χ2n) is 5.76. The Morgan fingerprint density at radius 2 is 1.76 bits per heavy atom. The minimum atomic E-state index is -0.499. The monoisotopic (exact) mass is 337 g/mol. The summed E-state index contributed by atoms with van der Waals surface area (Å²) in [4.78, 5) is 37.3. The third kappa shape index (κ3) is 4.03. The largest absolute Gasteiger partial charge is 0.352 e. The van der Waals surface area contributed by atoms with Crippen molar-refractivity contribution in [2.75, 3.05) is 18.0 Å². The van der Waals surface area contributed by atoms with Gasteiger partial charge in [-0.1, -0.05) is 42.5 Å². The van der Waals surface area contributed by atoms with E-state index in [1.54, 1.807) is 24.3 Å². The molecule has 2 N–H and O–H groups in total. The maximum Gasteiger partial charge on any atom is 0.328 e. The second-order valence-corrected chi connectivity index (χ2v) is 5.76. The Morgan fingerprint density at radius 1 is 1.04 bits per heavy atom. The lowest BCUT2D eigenvalue weighted by molar-refractivity contribution is -0.120. The Balaban J connectivity index is 1.68. The van der Waals surface area contributed by atoms with Crippen LogP contribution in [0.4, 0.5) is 10.5 Å². The number of anilines is 1. The maximum absolute atomic E-state index is 12.5. The third-order valence-electron chi connectivity index (χ3n) is 4.04. The van der Waals surface area contributed by atoms with Gasteiger partial charge in [-0.2, -0.15) is 0 Å². The van der Waals surface area contributed by atoms with Crippen molar-refractivity contribution in [1.82, 2.24) is 10.6 Å². The van der Waals surface area contributed by atoms with Gasteiger partial charge in [-0.3, -0.25) is 19.8 Å². The molecule has 0 aromatic heterocycles. The molecule has 0 bridgehead atoms. The first-order valence-electron chi connectivity index (χ1n) is 8.17. The molecule has 2 aromatic rings. The molecule has 4 amide bonds. The Kier molecular flexibility index (Phi) is 5.09. The van der Waals surface area contributed by atoms with Gasteiger partial charge in [-0.05, 0) is 24.1 Å². The zero-order valence-corrected chi connectivity index (χ0v) is 13.7. The molecule has 0 unspecified atom stereocenters. The van der Waals surface area contributed by atoms with Crippen LogP contribution in [0.25, 0.3) is 0 Å². The fourth-order valence-electron chi connectivity index (χ4n) is 2.76. The van der Waals surface area contributed by atoms with E-state index in [4.69, 9.17) is 0 Å². The second kappa shape index (κ2) is 7.61. The van der Waals surface area contributed by atoms with Gasteiger partial charge in [0.15, 0.2) is 0 Å². The minimum absolute atomic E-state index is 0.218. The van der Waals surface area contributed by atoms with Crippen LogP contribution in [0.1, 0.15) is 22.3 Å². The number of amides is 4. The van der Waals surface area contributed by atoms with E-state index in [1.165, 1.54) is 4.90 Å². The lowest BCUT2D eigenvalue weighted by Gasteiger charge is -2.28. The fourth-order valence-corrected chi connectivity index (χ4v) is 2.76. The Labute approximate surface area is 145 Å². The Hall–Kier alpha value is -3.15. The van der Waals surface area contributed by atoms with Gasteiger partial charge in [-0.15, -0.1) is 0 Å². The number of carbonyl (C=O) groups is 3. The predicted molar refractivity (Wildman–Crippen MR) is 94.4 cm³/mol. The summed E-state index contributed by atoms with van der Waals surface area (Å²) in [6.45, 7) is 0.765. The summed E-state index contributed by atoms with van der Waals surface area (Å²) in [5.74, 6) is -0.540. The van der Waals surface area contributed by atoms with Gasteiger partial charge in [0.25, 0.3) is 5.91 Å². The molecule has 0 saturated carbocycles. The highest BCUT2D eigenvalue weighted by molar-refractivity contribution is 6.09. The number of rotatable bonds is 5. The number of urea groups is 1. The van der Waals surface area contributed by atoms with Gasteiger partial charge in [-0.25, -0.2) is 4.79 Å². The maximum atomic E-state index is 12.5. The van der Waals surface area contributed by atoms with Crippen molar-refractivity contribution in [2.24, 2.45) is 0 Å². The number of hydrogen-bond donors (Lipinski definition) is 2. The summed E-state index contributed by atoms with van der Waals surface area (Å²) in [5, 5.41) is 5.16. The number of carbonyl (C=O) groups excluding carboxylic acids is 3. The average Bonchev–Trinajstić information content (AvgIpc) is 2.63. The van der Waals surface area contributed by atoms with Gasteiger partial charge >= 0.3 is 6.03 Å². The molecule has 1 fully saturated rings. The van der Waals surface area contributed by atoms with E-state index < -0.39 is 6.03 Å². The molecule has 1 aliphatic heterocycles. The highest BCUT2D eigenvalue weighted by Gasteiger charge is 2.27. The van der Waals surface area contributed by atoms with Gasteiger partial charge in [0, 0.05) is 19.5 Å². The summed E-state index contributed by atoms with van der Waals surface area (Å²) >= 11 is 0. The highest BCUT2D eigenvalue weighted by atomic mass is 16.2. The molecule has 0 atom stereocenters. The molecule has 0 radical (unpaired) electrons. The van der Waals surface area contributed by atoms with Crippen molar-refractivity contribution >= 4 is 23.5 Å². The molecule has 0 spiro atoms. The zero-order valence-electron chi connectivity index (χ0n) is 13.7. The van der Waals surface area contributed by atoms with E-state index >= 15 is 0 Å². The quantitative estimate of drug-likeness (QED) is 0.877. The molecule has 1 saturated heterocycles. The Bertz CT molecular complexity index is 790. The summed E-state index contributed by atoms with van der Waals surface area (Å²) in [6.07, 6.45) is 0.948. The van der Waals surface area contributed by atoms with Crippen molar-refractivity contribution in [1.29, 1.82) is 0 Å². The molecular weight excluding hydrogens is 318 g/mol. The van der Waals surface area contributed by atoms with E-state index in [-0.39, 0.29) is 24.8 Å². The first kappa shape index (κ1) is 16.7. The number of nitrogens with zero attached hydrogens (tertiary/aromatic N) is 1. The summed E-state index contributed by atoms with van der Waals surface area (Å²) in [5.41, 5.74) is 2.06. The van der Waals surface area contributed by atoms with Crippen LogP contribution >= 0.6 is 0 Å². The minimum Gasteiger partial charge on any atom is -0.352 e. The number of imide groups is 1. The van der Waals surface area contributed by atoms with Crippen LogP contribution in [0.2, 0.25) is 0 Å². The van der Waals surface area contributed by atoms with Crippen LogP contribution in [0.15, 0.2) is 54.6 Å². The van der Waals surface area contributed by atoms with Crippen molar-refractivity contribution in [3.8, 4) is 0 Å². The molecule has 6 nitrogen and oxygen atoms in total. The van der Waals surface area contributed by atoms with Crippen LogP contribution in [-0.4, -0.2) is 30.9 Å². The molecule has 1 aliphatic rings. The van der Waals surface area contributed by atoms with E-state index in [9.17, 15) is 14.4 Å². The molecule has 0 aliphatic carbocycles. The predicted octanol–water partition coefficient (Wildman–Crippen LogP) is 2.11. The van der Waals surface area contributed by atoms with Crippen molar-refractivity contribution < 1.29 is 14.4 Å². The van der Waals surface area contributed by atoms with E-state index in [0.717, 1.165) is 12.0 Å². The van der Waals surface area contributed by atoms with Crippen molar-refractivity contribution in [2.45, 2.75) is 12.8 Å². The summed E-state index contributed by atoms with van der Waals surface area (Å²) < 4.78 is 0. The molecule has 25 heavy (non-hydrogen) atoms. The van der Waals surface area contributed by atoms with E-state index in [0.29, 0.717) is 17.8 Å². The van der Waals surface area contributed by atoms with Crippen LogP contribution in [-0.2, 0) is 11.2 Å². The normalized spacial score (nSPS) is 14.2. The number of benzene rings is 2. The number of hydrogen-bond acceptors (Lipinski definition) is 3. The fraction of sp³-hybridized carbons (Fsp3) is 0.211. The summed E-state index contributed by atoms with van der Waals surface area (Å²) in [7, 11) is 0. The van der Waals surface area contributed by atoms with Crippen LogP contribution in [0.3, 0.4) is 0 Å². The third-order valence-corrected chi connectivity index (χ3v) is 4.04. The number of para-hydroxylation sites is 1. The van der Waals surface area contributed by atoms with E-state index in [1.807, 2.05) is 30.3 Å². The van der Waals surface area contributed by atoms with Crippen LogP contribution in [0.5, 0.6) is 0 Å². The molecule has 1 heterocycles. The van der Waals surface area contributed by atoms with Crippen molar-refractivity contribution in [3.63, 3.8) is 0 Å². The number of nitrogens with one attached hydrogen (secondary N) is 2. The molecule has 2 aromatic carbocycles. The smallest absolute Gasteiger partial charge is 0.328 e. The van der Waals surface area contributed by atoms with Gasteiger partial charge in [0.05, 0.1) is 11.3 Å². The average molecular weight is 337 g/mol.